The van der Waals surface area contributed by atoms with Gasteiger partial charge < -0.3 is 5.11 Å². The van der Waals surface area contributed by atoms with Crippen molar-refractivity contribution in [3.63, 3.8) is 0 Å². The summed E-state index contributed by atoms with van der Waals surface area (Å²) < 4.78 is 37.7. The molecule has 0 bridgehead atoms. The van der Waals surface area contributed by atoms with Gasteiger partial charge in [0, 0.05) is 18.9 Å². The number of aliphatic hydroxyl groups is 1. The highest BCUT2D eigenvalue weighted by Gasteiger charge is 2.31. The Morgan fingerprint density at radius 3 is 2.56 bits per heavy atom. The molecule has 0 heterocycles. The monoisotopic (exact) mass is 256 g/mol. The molecule has 1 aliphatic carbocycles. The predicted molar refractivity (Wildman–Crippen MR) is 59.1 cm³/mol. The lowest BCUT2D eigenvalue weighted by molar-refractivity contribution is -0.137. The van der Waals surface area contributed by atoms with Crippen LogP contribution in [-0.2, 0) is 11.0 Å². The fraction of sp³-hybridized carbons (Fsp3) is 0.308. The van der Waals surface area contributed by atoms with Crippen molar-refractivity contribution in [2.24, 2.45) is 0 Å². The van der Waals surface area contributed by atoms with Crippen molar-refractivity contribution < 1.29 is 23.1 Å². The normalized spacial score (nSPS) is 20.7. The largest absolute Gasteiger partial charge is 0.512 e. The van der Waals surface area contributed by atoms with Gasteiger partial charge in [-0.2, -0.15) is 13.2 Å². The molecule has 1 aliphatic rings. The van der Waals surface area contributed by atoms with Crippen molar-refractivity contribution in [1.82, 2.24) is 0 Å². The maximum absolute atomic E-state index is 12.6. The Balaban J connectivity index is 2.30. The van der Waals surface area contributed by atoms with Crippen LogP contribution >= 0.6 is 0 Å². The third-order valence-corrected chi connectivity index (χ3v) is 2.92. The van der Waals surface area contributed by atoms with Gasteiger partial charge in [-0.05, 0) is 17.5 Å². The first-order valence-electron chi connectivity index (χ1n) is 5.46. The number of benzene rings is 1. The lowest BCUT2D eigenvalue weighted by Crippen LogP contribution is -2.13. The number of aliphatic hydroxyl groups excluding tert-OH is 1. The summed E-state index contributed by atoms with van der Waals surface area (Å²) in [5.41, 5.74) is -0.306. The number of carbonyl (C=O) groups is 1. The quantitative estimate of drug-likeness (QED) is 0.833. The molecule has 0 radical (unpaired) electrons. The van der Waals surface area contributed by atoms with Gasteiger partial charge in [0.1, 0.15) is 0 Å². The second-order valence-corrected chi connectivity index (χ2v) is 4.33. The molecule has 1 aromatic carbocycles. The van der Waals surface area contributed by atoms with Gasteiger partial charge in [0.25, 0.3) is 0 Å². The average Bonchev–Trinajstić information content (AvgIpc) is 2.27. The lowest BCUT2D eigenvalue weighted by Gasteiger charge is -2.20. The molecule has 0 spiro atoms. The van der Waals surface area contributed by atoms with Crippen LogP contribution < -0.4 is 0 Å². The number of rotatable bonds is 1. The van der Waals surface area contributed by atoms with Gasteiger partial charge in [0.2, 0.25) is 0 Å². The molecule has 0 aliphatic heterocycles. The summed E-state index contributed by atoms with van der Waals surface area (Å²) in [6.07, 6.45) is -2.94. The third kappa shape index (κ3) is 2.72. The lowest BCUT2D eigenvalue weighted by atomic mass is 9.85. The van der Waals surface area contributed by atoms with Gasteiger partial charge in [-0.15, -0.1) is 0 Å². The van der Waals surface area contributed by atoms with Crippen LogP contribution in [-0.4, -0.2) is 10.9 Å². The first-order chi connectivity index (χ1) is 8.36. The van der Waals surface area contributed by atoms with Crippen LogP contribution in [0, 0.1) is 0 Å². The van der Waals surface area contributed by atoms with E-state index in [9.17, 15) is 23.1 Å². The molecule has 0 amide bonds. The maximum atomic E-state index is 12.6. The van der Waals surface area contributed by atoms with E-state index in [0.717, 1.165) is 18.2 Å². The van der Waals surface area contributed by atoms with Gasteiger partial charge >= 0.3 is 6.18 Å². The highest BCUT2D eigenvalue weighted by atomic mass is 19.4. The molecule has 0 saturated carbocycles. The van der Waals surface area contributed by atoms with Crippen molar-refractivity contribution in [3.05, 3.63) is 47.2 Å². The Morgan fingerprint density at radius 2 is 1.94 bits per heavy atom. The fourth-order valence-electron chi connectivity index (χ4n) is 2.08. The Kier molecular flexibility index (Phi) is 3.15. The SMILES string of the molecule is O=C1C=C(O)C[C@@H](c2cccc(C(F)(F)F)c2)C1. The van der Waals surface area contributed by atoms with E-state index in [0.29, 0.717) is 5.56 Å². The van der Waals surface area contributed by atoms with Crippen LogP contribution in [0.2, 0.25) is 0 Å². The van der Waals surface area contributed by atoms with Crippen molar-refractivity contribution in [3.8, 4) is 0 Å². The van der Waals surface area contributed by atoms with E-state index in [1.54, 1.807) is 6.07 Å². The Labute approximate surface area is 102 Å². The molecule has 96 valence electrons. The Morgan fingerprint density at radius 1 is 1.22 bits per heavy atom. The third-order valence-electron chi connectivity index (χ3n) is 2.92. The van der Waals surface area contributed by atoms with Gasteiger partial charge in [-0.3, -0.25) is 4.79 Å². The number of carbonyl (C=O) groups excluding carboxylic acids is 1. The van der Waals surface area contributed by atoms with Gasteiger partial charge in [0.05, 0.1) is 11.3 Å². The molecule has 18 heavy (non-hydrogen) atoms. The van der Waals surface area contributed by atoms with Crippen molar-refractivity contribution in [1.29, 1.82) is 0 Å². The molecule has 0 unspecified atom stereocenters. The van der Waals surface area contributed by atoms with Crippen molar-refractivity contribution >= 4 is 5.78 Å². The summed E-state index contributed by atoms with van der Waals surface area (Å²) in [7, 11) is 0. The number of halogens is 3. The summed E-state index contributed by atoms with van der Waals surface area (Å²) in [6.45, 7) is 0. The molecule has 5 heteroatoms. The van der Waals surface area contributed by atoms with E-state index in [1.807, 2.05) is 0 Å². The standard InChI is InChI=1S/C13H11F3O2/c14-13(15,16)10-3-1-2-8(4-10)9-5-11(17)7-12(18)6-9/h1-4,7,9,17H,5-6H2/t9-/m1/s1. The zero-order valence-corrected chi connectivity index (χ0v) is 9.37. The number of alkyl halides is 3. The van der Waals surface area contributed by atoms with Crippen LogP contribution in [0.25, 0.3) is 0 Å². The molecule has 0 saturated heterocycles. The van der Waals surface area contributed by atoms with Crippen LogP contribution in [0.3, 0.4) is 0 Å². The Bertz CT molecular complexity index is 503. The van der Waals surface area contributed by atoms with E-state index in [2.05, 4.69) is 0 Å². The summed E-state index contributed by atoms with van der Waals surface area (Å²) >= 11 is 0. The molecular formula is C13H11F3O2. The zero-order chi connectivity index (χ0) is 13.3. The molecular weight excluding hydrogens is 245 g/mol. The topological polar surface area (TPSA) is 37.3 Å². The van der Waals surface area contributed by atoms with Crippen LogP contribution in [0.4, 0.5) is 13.2 Å². The average molecular weight is 256 g/mol. The molecule has 1 atom stereocenters. The highest BCUT2D eigenvalue weighted by molar-refractivity contribution is 5.91. The minimum Gasteiger partial charge on any atom is -0.512 e. The zero-order valence-electron chi connectivity index (χ0n) is 9.37. The molecule has 2 rings (SSSR count). The number of allylic oxidation sites excluding steroid dienone is 2. The molecule has 0 aromatic heterocycles. The predicted octanol–water partition coefficient (Wildman–Crippen LogP) is 3.59. The summed E-state index contributed by atoms with van der Waals surface area (Å²) in [5, 5.41) is 9.36. The number of hydrogen-bond acceptors (Lipinski definition) is 2. The summed E-state index contributed by atoms with van der Waals surface area (Å²) in [4.78, 5) is 11.3. The van der Waals surface area contributed by atoms with Crippen molar-refractivity contribution in [2.45, 2.75) is 24.9 Å². The second-order valence-electron chi connectivity index (χ2n) is 4.33. The Hall–Kier alpha value is -1.78. The van der Waals surface area contributed by atoms with Crippen LogP contribution in [0.5, 0.6) is 0 Å². The maximum Gasteiger partial charge on any atom is 0.416 e. The van der Waals surface area contributed by atoms with Gasteiger partial charge in [-0.25, -0.2) is 0 Å². The van der Waals surface area contributed by atoms with Gasteiger partial charge in [0.15, 0.2) is 5.78 Å². The number of ketones is 1. The van der Waals surface area contributed by atoms with E-state index in [1.165, 1.54) is 6.07 Å². The molecule has 2 nitrogen and oxygen atoms in total. The summed E-state index contributed by atoms with van der Waals surface area (Å²) in [5.74, 6) is -0.723. The van der Waals surface area contributed by atoms with Crippen molar-refractivity contribution in [2.75, 3.05) is 0 Å². The van der Waals surface area contributed by atoms with E-state index < -0.39 is 11.7 Å². The minimum absolute atomic E-state index is 0.0753. The molecule has 1 N–H and O–H groups in total. The molecule has 1 aromatic rings. The minimum atomic E-state index is -4.40. The van der Waals surface area contributed by atoms with Gasteiger partial charge in [-0.1, -0.05) is 18.2 Å². The molecule has 0 fully saturated rings. The summed E-state index contributed by atoms with van der Waals surface area (Å²) in [6, 6.07) is 4.89. The van der Waals surface area contributed by atoms with E-state index in [-0.39, 0.29) is 30.3 Å². The van der Waals surface area contributed by atoms with E-state index in [4.69, 9.17) is 0 Å². The highest BCUT2D eigenvalue weighted by Crippen LogP contribution is 2.35. The second kappa shape index (κ2) is 4.48. The van der Waals surface area contributed by atoms with Crippen LogP contribution in [0.1, 0.15) is 29.9 Å². The smallest absolute Gasteiger partial charge is 0.416 e. The first-order valence-corrected chi connectivity index (χ1v) is 5.46. The van der Waals surface area contributed by atoms with E-state index >= 15 is 0 Å². The number of hydrogen-bond donors (Lipinski definition) is 1. The fourth-order valence-corrected chi connectivity index (χ4v) is 2.08. The first kappa shape index (κ1) is 12.7. The van der Waals surface area contributed by atoms with Crippen LogP contribution in [0.15, 0.2) is 36.1 Å².